The fraction of sp³-hybridized carbons (Fsp3) is 0.278. The van der Waals surface area contributed by atoms with E-state index >= 15 is 0 Å². The SMILES string of the molecule is O=C(c1ccc(NS(=O)O)cc1Cl)N1CCN(Cc2cc(F)c(F)c(F)c2)CC1. The minimum Gasteiger partial charge on any atom is -0.336 e. The number of amides is 1. The summed E-state index contributed by atoms with van der Waals surface area (Å²) in [5.41, 5.74) is 0.876. The fourth-order valence-corrected chi connectivity index (χ4v) is 3.68. The van der Waals surface area contributed by atoms with Crippen molar-refractivity contribution in [1.29, 1.82) is 0 Å². The first-order valence-electron chi connectivity index (χ1n) is 8.56. The molecule has 0 radical (unpaired) electrons. The molecule has 2 N–H and O–H groups in total. The van der Waals surface area contributed by atoms with Crippen LogP contribution in [0, 0.1) is 17.5 Å². The van der Waals surface area contributed by atoms with Crippen molar-refractivity contribution in [2.45, 2.75) is 6.54 Å². The second-order valence-corrected chi connectivity index (χ2v) is 7.60. The van der Waals surface area contributed by atoms with Gasteiger partial charge in [-0.15, -0.1) is 0 Å². The van der Waals surface area contributed by atoms with Gasteiger partial charge in [-0.25, -0.2) is 17.4 Å². The Balaban J connectivity index is 1.60. The van der Waals surface area contributed by atoms with E-state index in [1.807, 2.05) is 4.90 Å². The number of nitrogens with zero attached hydrogens (tertiary/aromatic N) is 2. The first kappa shape index (κ1) is 21.6. The second kappa shape index (κ2) is 9.12. The number of rotatable bonds is 5. The molecule has 1 atom stereocenters. The zero-order valence-electron chi connectivity index (χ0n) is 15.0. The van der Waals surface area contributed by atoms with Crippen LogP contribution in [0.5, 0.6) is 0 Å². The number of hydrogen-bond donors (Lipinski definition) is 2. The number of anilines is 1. The molecule has 0 bridgehead atoms. The Kier molecular flexibility index (Phi) is 6.78. The van der Waals surface area contributed by atoms with E-state index in [1.54, 1.807) is 4.90 Å². The van der Waals surface area contributed by atoms with Crippen LogP contribution in [0.15, 0.2) is 30.3 Å². The lowest BCUT2D eigenvalue weighted by Crippen LogP contribution is -2.48. The van der Waals surface area contributed by atoms with Gasteiger partial charge in [-0.3, -0.25) is 19.0 Å². The van der Waals surface area contributed by atoms with Crippen molar-refractivity contribution < 1.29 is 26.7 Å². The van der Waals surface area contributed by atoms with E-state index in [4.69, 9.17) is 16.2 Å². The molecule has 2 aromatic rings. The van der Waals surface area contributed by atoms with Crippen LogP contribution in [0.4, 0.5) is 18.9 Å². The average molecular weight is 448 g/mol. The maximum absolute atomic E-state index is 13.4. The molecular weight excluding hydrogens is 431 g/mol. The van der Waals surface area contributed by atoms with Gasteiger partial charge in [0.1, 0.15) is 0 Å². The summed E-state index contributed by atoms with van der Waals surface area (Å²) in [5, 5.41) is 0.144. The Labute approximate surface area is 172 Å². The van der Waals surface area contributed by atoms with Gasteiger partial charge in [-0.2, -0.15) is 0 Å². The first-order valence-corrected chi connectivity index (χ1v) is 10.0. The number of nitrogens with one attached hydrogen (secondary N) is 1. The van der Waals surface area contributed by atoms with Crippen molar-refractivity contribution in [3.8, 4) is 0 Å². The van der Waals surface area contributed by atoms with E-state index in [0.29, 0.717) is 37.4 Å². The van der Waals surface area contributed by atoms with Crippen molar-refractivity contribution in [2.75, 3.05) is 30.9 Å². The average Bonchev–Trinajstić information content (AvgIpc) is 2.66. The summed E-state index contributed by atoms with van der Waals surface area (Å²) in [6.07, 6.45) is 0. The highest BCUT2D eigenvalue weighted by Gasteiger charge is 2.24. The molecule has 1 aliphatic rings. The van der Waals surface area contributed by atoms with Crippen LogP contribution in [-0.2, 0) is 17.8 Å². The summed E-state index contributed by atoms with van der Waals surface area (Å²) >= 11 is 3.88. The Bertz CT molecular complexity index is 932. The molecule has 1 aliphatic heterocycles. The molecule has 156 valence electrons. The predicted molar refractivity (Wildman–Crippen MR) is 103 cm³/mol. The van der Waals surface area contributed by atoms with Gasteiger partial charge in [0.2, 0.25) is 0 Å². The highest BCUT2D eigenvalue weighted by atomic mass is 35.5. The van der Waals surface area contributed by atoms with E-state index < -0.39 is 28.7 Å². The minimum absolute atomic E-state index is 0.144. The molecule has 6 nitrogen and oxygen atoms in total. The molecule has 1 heterocycles. The minimum atomic E-state index is -2.25. The van der Waals surface area contributed by atoms with Crippen LogP contribution < -0.4 is 4.72 Å². The van der Waals surface area contributed by atoms with Gasteiger partial charge in [0.15, 0.2) is 17.5 Å². The summed E-state index contributed by atoms with van der Waals surface area (Å²) in [7, 11) is 0. The molecule has 1 unspecified atom stereocenters. The van der Waals surface area contributed by atoms with Gasteiger partial charge in [0.25, 0.3) is 17.2 Å². The Morgan fingerprint density at radius 3 is 2.28 bits per heavy atom. The molecule has 0 aliphatic carbocycles. The van der Waals surface area contributed by atoms with Crippen molar-refractivity contribution in [1.82, 2.24) is 9.80 Å². The van der Waals surface area contributed by atoms with Gasteiger partial charge in [-0.05, 0) is 35.9 Å². The van der Waals surface area contributed by atoms with Crippen LogP contribution in [0.3, 0.4) is 0 Å². The van der Waals surface area contributed by atoms with Crippen molar-refractivity contribution in [2.24, 2.45) is 0 Å². The fourth-order valence-electron chi connectivity index (χ4n) is 3.09. The molecule has 1 amide bonds. The van der Waals surface area contributed by atoms with Crippen LogP contribution in [0.2, 0.25) is 5.02 Å². The number of benzene rings is 2. The molecule has 11 heteroatoms. The van der Waals surface area contributed by atoms with Crippen molar-refractivity contribution in [3.05, 3.63) is 63.9 Å². The van der Waals surface area contributed by atoms with Crippen LogP contribution >= 0.6 is 11.6 Å². The second-order valence-electron chi connectivity index (χ2n) is 6.49. The van der Waals surface area contributed by atoms with E-state index in [-0.39, 0.29) is 23.0 Å². The number of hydrogen-bond acceptors (Lipinski definition) is 3. The number of halogens is 4. The molecule has 1 fully saturated rings. The van der Waals surface area contributed by atoms with Crippen molar-refractivity contribution >= 4 is 34.5 Å². The van der Waals surface area contributed by atoms with Gasteiger partial charge in [-0.1, -0.05) is 11.6 Å². The molecule has 2 aromatic carbocycles. The Morgan fingerprint density at radius 1 is 1.10 bits per heavy atom. The third-order valence-electron chi connectivity index (χ3n) is 4.51. The first-order chi connectivity index (χ1) is 13.7. The lowest BCUT2D eigenvalue weighted by atomic mass is 10.1. The monoisotopic (exact) mass is 447 g/mol. The molecular formula is C18H17ClF3N3O3S. The van der Waals surface area contributed by atoms with Crippen LogP contribution in [-0.4, -0.2) is 50.6 Å². The van der Waals surface area contributed by atoms with Crippen LogP contribution in [0.1, 0.15) is 15.9 Å². The highest BCUT2D eigenvalue weighted by molar-refractivity contribution is 7.80. The van der Waals surface area contributed by atoms with Gasteiger partial charge >= 0.3 is 0 Å². The van der Waals surface area contributed by atoms with Crippen LogP contribution in [0.25, 0.3) is 0 Å². The van der Waals surface area contributed by atoms with Gasteiger partial charge in [0.05, 0.1) is 10.6 Å². The lowest BCUT2D eigenvalue weighted by Gasteiger charge is -2.35. The maximum Gasteiger partial charge on any atom is 0.259 e. The third-order valence-corrected chi connectivity index (χ3v) is 5.24. The largest absolute Gasteiger partial charge is 0.336 e. The molecule has 0 aromatic heterocycles. The third kappa shape index (κ3) is 5.27. The number of piperazine rings is 1. The summed E-state index contributed by atoms with van der Waals surface area (Å²) in [6.45, 7) is 1.92. The summed E-state index contributed by atoms with van der Waals surface area (Å²) < 4.78 is 61.6. The quantitative estimate of drug-likeness (QED) is 0.545. The smallest absolute Gasteiger partial charge is 0.259 e. The normalized spacial score (nSPS) is 16.0. The zero-order valence-corrected chi connectivity index (χ0v) is 16.6. The highest BCUT2D eigenvalue weighted by Crippen LogP contribution is 2.23. The predicted octanol–water partition coefficient (Wildman–Crippen LogP) is 3.26. The molecule has 1 saturated heterocycles. The van der Waals surface area contributed by atoms with E-state index in [0.717, 1.165) is 12.1 Å². The maximum atomic E-state index is 13.4. The zero-order chi connectivity index (χ0) is 21.1. The Morgan fingerprint density at radius 2 is 1.72 bits per heavy atom. The van der Waals surface area contributed by atoms with E-state index in [2.05, 4.69) is 4.72 Å². The van der Waals surface area contributed by atoms with E-state index in [1.165, 1.54) is 18.2 Å². The molecule has 0 spiro atoms. The molecule has 3 rings (SSSR count). The van der Waals surface area contributed by atoms with E-state index in [9.17, 15) is 22.2 Å². The molecule has 29 heavy (non-hydrogen) atoms. The summed E-state index contributed by atoms with van der Waals surface area (Å²) in [4.78, 5) is 16.2. The van der Waals surface area contributed by atoms with Gasteiger partial charge < -0.3 is 4.90 Å². The number of carbonyl (C=O) groups excluding carboxylic acids is 1. The lowest BCUT2D eigenvalue weighted by molar-refractivity contribution is 0.0628. The van der Waals surface area contributed by atoms with Crippen molar-refractivity contribution in [3.63, 3.8) is 0 Å². The standard InChI is InChI=1S/C18H17ClF3N3O3S/c19-14-9-12(23-29(27)28)1-2-13(14)18(26)25-5-3-24(4-6-25)10-11-7-15(20)17(22)16(21)8-11/h1-2,7-9,23H,3-6,10H2,(H,27,28). The summed E-state index contributed by atoms with van der Waals surface area (Å²) in [6, 6.07) is 6.25. The van der Waals surface area contributed by atoms with Gasteiger partial charge in [0, 0.05) is 38.4 Å². The number of carbonyl (C=O) groups is 1. The molecule has 0 saturated carbocycles. The topological polar surface area (TPSA) is 72.9 Å². The Hall–Kier alpha value is -2.14. The summed E-state index contributed by atoms with van der Waals surface area (Å²) in [5.74, 6) is -4.24.